The molecule has 1 aliphatic rings. The molecule has 0 aromatic heterocycles. The largest absolute Gasteiger partial charge is 0.325 e. The van der Waals surface area contributed by atoms with Crippen molar-refractivity contribution in [2.75, 3.05) is 43.5 Å². The first-order valence-electron chi connectivity index (χ1n) is 7.03. The van der Waals surface area contributed by atoms with Crippen molar-refractivity contribution in [3.63, 3.8) is 0 Å². The molecular formula is C15H23N3OS. The van der Waals surface area contributed by atoms with E-state index in [9.17, 15) is 4.79 Å². The van der Waals surface area contributed by atoms with E-state index in [0.717, 1.165) is 17.8 Å². The molecule has 0 atom stereocenters. The van der Waals surface area contributed by atoms with Gasteiger partial charge < -0.3 is 10.6 Å². The number of thioether (sulfide) groups is 1. The highest BCUT2D eigenvalue weighted by atomic mass is 32.2. The summed E-state index contributed by atoms with van der Waals surface area (Å²) in [7, 11) is 1.77. The Hall–Kier alpha value is -1.04. The Labute approximate surface area is 125 Å². The summed E-state index contributed by atoms with van der Waals surface area (Å²) in [6.45, 7) is 5.73. The van der Waals surface area contributed by atoms with Gasteiger partial charge >= 0.3 is 0 Å². The molecule has 0 aliphatic carbocycles. The van der Waals surface area contributed by atoms with Gasteiger partial charge in [-0.05, 0) is 31.2 Å². The number of rotatable bonds is 5. The zero-order valence-corrected chi connectivity index (χ0v) is 13.1. The van der Waals surface area contributed by atoms with Crippen LogP contribution in [0.5, 0.6) is 0 Å². The van der Waals surface area contributed by atoms with Gasteiger partial charge in [-0.1, -0.05) is 12.1 Å². The minimum Gasteiger partial charge on any atom is -0.325 e. The summed E-state index contributed by atoms with van der Waals surface area (Å²) in [4.78, 5) is 14.1. The normalized spacial score (nSPS) is 16.1. The van der Waals surface area contributed by atoms with E-state index in [4.69, 9.17) is 0 Å². The molecule has 1 aliphatic heterocycles. The highest BCUT2D eigenvalue weighted by molar-refractivity contribution is 7.99. The number of likely N-dealkylation sites (N-methyl/N-ethyl adjacent to an activating group) is 1. The fourth-order valence-electron chi connectivity index (χ4n) is 2.34. The van der Waals surface area contributed by atoms with Crippen LogP contribution in [0.25, 0.3) is 0 Å². The van der Waals surface area contributed by atoms with E-state index in [1.807, 2.05) is 24.8 Å². The lowest BCUT2D eigenvalue weighted by Crippen LogP contribution is -2.32. The first kappa shape index (κ1) is 15.4. The average molecular weight is 293 g/mol. The predicted octanol–water partition coefficient (Wildman–Crippen LogP) is 1.70. The molecule has 1 fully saturated rings. The van der Waals surface area contributed by atoms with Crippen LogP contribution in [0.2, 0.25) is 0 Å². The van der Waals surface area contributed by atoms with Crippen LogP contribution < -0.4 is 10.6 Å². The van der Waals surface area contributed by atoms with Crippen molar-refractivity contribution in [3.8, 4) is 0 Å². The molecule has 4 nitrogen and oxygen atoms in total. The maximum atomic E-state index is 11.6. The maximum Gasteiger partial charge on any atom is 0.238 e. The second kappa shape index (κ2) is 7.67. The van der Waals surface area contributed by atoms with E-state index in [1.54, 1.807) is 7.05 Å². The van der Waals surface area contributed by atoms with Gasteiger partial charge in [0.25, 0.3) is 0 Å². The Bertz CT molecular complexity index is 458. The predicted molar refractivity (Wildman–Crippen MR) is 86.3 cm³/mol. The highest BCUT2D eigenvalue weighted by Gasteiger charge is 2.11. The summed E-state index contributed by atoms with van der Waals surface area (Å²) < 4.78 is 0. The number of carbonyl (C=O) groups excluding carboxylic acids is 1. The Morgan fingerprint density at radius 1 is 1.35 bits per heavy atom. The zero-order valence-electron chi connectivity index (χ0n) is 12.2. The maximum absolute atomic E-state index is 11.6. The van der Waals surface area contributed by atoms with Gasteiger partial charge in [0.1, 0.15) is 0 Å². The van der Waals surface area contributed by atoms with E-state index in [1.165, 1.54) is 30.2 Å². The van der Waals surface area contributed by atoms with E-state index >= 15 is 0 Å². The summed E-state index contributed by atoms with van der Waals surface area (Å²) >= 11 is 2.03. The highest BCUT2D eigenvalue weighted by Crippen LogP contribution is 2.19. The molecule has 0 saturated carbocycles. The number of nitrogens with zero attached hydrogens (tertiary/aromatic N) is 1. The first-order chi connectivity index (χ1) is 9.69. The summed E-state index contributed by atoms with van der Waals surface area (Å²) in [5.41, 5.74) is 3.35. The fourth-order valence-corrected chi connectivity index (χ4v) is 3.32. The molecule has 5 heteroatoms. The van der Waals surface area contributed by atoms with Gasteiger partial charge in [0.05, 0.1) is 6.54 Å². The lowest BCUT2D eigenvalue weighted by molar-refractivity contribution is -0.115. The van der Waals surface area contributed by atoms with Crippen molar-refractivity contribution >= 4 is 23.4 Å². The Morgan fingerprint density at radius 3 is 2.75 bits per heavy atom. The number of hydrogen-bond acceptors (Lipinski definition) is 4. The molecule has 2 N–H and O–H groups in total. The van der Waals surface area contributed by atoms with Gasteiger partial charge in [0.2, 0.25) is 5.91 Å². The number of nitrogens with one attached hydrogen (secondary N) is 2. The van der Waals surface area contributed by atoms with Gasteiger partial charge in [-0.2, -0.15) is 11.8 Å². The van der Waals surface area contributed by atoms with Gasteiger partial charge in [-0.15, -0.1) is 0 Å². The molecule has 1 heterocycles. The lowest BCUT2D eigenvalue weighted by Gasteiger charge is -2.26. The molecule has 0 bridgehead atoms. The monoisotopic (exact) mass is 293 g/mol. The van der Waals surface area contributed by atoms with Gasteiger partial charge in [-0.3, -0.25) is 9.69 Å². The van der Waals surface area contributed by atoms with Crippen molar-refractivity contribution in [2.24, 2.45) is 0 Å². The first-order valence-corrected chi connectivity index (χ1v) is 8.18. The van der Waals surface area contributed by atoms with Crippen LogP contribution in [0, 0.1) is 6.92 Å². The summed E-state index contributed by atoms with van der Waals surface area (Å²) in [6.07, 6.45) is 0. The zero-order chi connectivity index (χ0) is 14.4. The lowest BCUT2D eigenvalue weighted by atomic mass is 10.1. The van der Waals surface area contributed by atoms with Crippen LogP contribution in [0.4, 0.5) is 5.69 Å². The fraction of sp³-hybridized carbons (Fsp3) is 0.533. The summed E-state index contributed by atoms with van der Waals surface area (Å²) in [5.74, 6) is 2.46. The number of benzene rings is 1. The topological polar surface area (TPSA) is 44.4 Å². The molecular weight excluding hydrogens is 270 g/mol. The number of carbonyl (C=O) groups is 1. The third-order valence-corrected chi connectivity index (χ3v) is 4.35. The number of anilines is 1. The Morgan fingerprint density at radius 2 is 2.10 bits per heavy atom. The van der Waals surface area contributed by atoms with Crippen LogP contribution in [0.15, 0.2) is 18.2 Å². The van der Waals surface area contributed by atoms with Gasteiger partial charge in [0.15, 0.2) is 0 Å². The SMILES string of the molecule is CNCC(=O)Nc1ccc(CN2CCSCC2)cc1C. The molecule has 110 valence electrons. The van der Waals surface area contributed by atoms with Gasteiger partial charge in [-0.25, -0.2) is 0 Å². The van der Waals surface area contributed by atoms with Crippen LogP contribution >= 0.6 is 11.8 Å². The standard InChI is InChI=1S/C15H23N3OS/c1-12-9-13(11-18-5-7-20-8-6-18)3-4-14(12)17-15(19)10-16-2/h3-4,9,16H,5-8,10-11H2,1-2H3,(H,17,19). The van der Waals surface area contributed by atoms with Crippen LogP contribution in [0.1, 0.15) is 11.1 Å². The molecule has 1 aromatic rings. The van der Waals surface area contributed by atoms with Crippen molar-refractivity contribution in [1.29, 1.82) is 0 Å². The average Bonchev–Trinajstić information content (AvgIpc) is 2.43. The van der Waals surface area contributed by atoms with Crippen molar-refractivity contribution in [2.45, 2.75) is 13.5 Å². The molecule has 0 spiro atoms. The third-order valence-electron chi connectivity index (χ3n) is 3.41. The Balaban J connectivity index is 1.96. The van der Waals surface area contributed by atoms with Crippen molar-refractivity contribution in [1.82, 2.24) is 10.2 Å². The van der Waals surface area contributed by atoms with Gasteiger partial charge in [0, 0.05) is 36.8 Å². The minimum atomic E-state index is -0.00333. The summed E-state index contributed by atoms with van der Waals surface area (Å²) in [6, 6.07) is 6.30. The second-order valence-electron chi connectivity index (χ2n) is 5.12. The molecule has 0 unspecified atom stereocenters. The van der Waals surface area contributed by atoms with Crippen molar-refractivity contribution < 1.29 is 4.79 Å². The van der Waals surface area contributed by atoms with E-state index < -0.39 is 0 Å². The van der Waals surface area contributed by atoms with E-state index in [-0.39, 0.29) is 5.91 Å². The smallest absolute Gasteiger partial charge is 0.238 e. The second-order valence-corrected chi connectivity index (χ2v) is 6.34. The molecule has 1 aromatic carbocycles. The molecule has 2 rings (SSSR count). The number of aryl methyl sites for hydroxylation is 1. The van der Waals surface area contributed by atoms with Crippen LogP contribution in [-0.4, -0.2) is 49.0 Å². The Kier molecular flexibility index (Phi) is 5.88. The quantitative estimate of drug-likeness (QED) is 0.867. The minimum absolute atomic E-state index is 0.00333. The molecule has 0 radical (unpaired) electrons. The third kappa shape index (κ3) is 4.51. The van der Waals surface area contributed by atoms with Crippen LogP contribution in [0.3, 0.4) is 0 Å². The van der Waals surface area contributed by atoms with Crippen molar-refractivity contribution in [3.05, 3.63) is 29.3 Å². The molecule has 20 heavy (non-hydrogen) atoms. The number of hydrogen-bond donors (Lipinski definition) is 2. The van der Waals surface area contributed by atoms with Crippen LogP contribution in [-0.2, 0) is 11.3 Å². The van der Waals surface area contributed by atoms with E-state index in [2.05, 4.69) is 27.7 Å². The van der Waals surface area contributed by atoms with E-state index in [0.29, 0.717) is 6.54 Å². The molecule has 1 saturated heterocycles. The molecule has 1 amide bonds. The summed E-state index contributed by atoms with van der Waals surface area (Å²) in [5, 5.41) is 5.78. The number of amides is 1.